The minimum atomic E-state index is -0.343. The number of hydrogen-bond donors (Lipinski definition) is 0. The van der Waals surface area contributed by atoms with E-state index in [1.807, 2.05) is 4.90 Å². The largest absolute Gasteiger partial charge is 0.379 e. The summed E-state index contributed by atoms with van der Waals surface area (Å²) in [6.45, 7) is 5.48. The first-order valence-corrected chi connectivity index (χ1v) is 9.19. The van der Waals surface area contributed by atoms with Crippen LogP contribution >= 0.6 is 0 Å². The van der Waals surface area contributed by atoms with Crippen LogP contribution in [0.4, 0.5) is 0 Å². The SMILES string of the molecule is C#CCCC1(CCC(=O)N2CCCC(N3CCOCC3)CC2)N=N1. The molecule has 0 N–H and O–H groups in total. The van der Waals surface area contributed by atoms with Crippen molar-refractivity contribution >= 4 is 5.91 Å². The lowest BCUT2D eigenvalue weighted by Crippen LogP contribution is -2.44. The van der Waals surface area contributed by atoms with E-state index in [1.54, 1.807) is 0 Å². The predicted molar refractivity (Wildman–Crippen MR) is 91.5 cm³/mol. The highest BCUT2D eigenvalue weighted by atomic mass is 16.5. The van der Waals surface area contributed by atoms with Gasteiger partial charge in [-0.3, -0.25) is 9.69 Å². The molecule has 1 unspecified atom stereocenters. The fourth-order valence-electron chi connectivity index (χ4n) is 3.77. The quantitative estimate of drug-likeness (QED) is 0.700. The molecule has 0 bridgehead atoms. The van der Waals surface area contributed by atoms with Crippen LogP contribution in [0.5, 0.6) is 0 Å². The highest BCUT2D eigenvalue weighted by molar-refractivity contribution is 5.76. The number of rotatable bonds is 6. The zero-order valence-corrected chi connectivity index (χ0v) is 14.5. The average molecular weight is 332 g/mol. The minimum Gasteiger partial charge on any atom is -0.379 e. The van der Waals surface area contributed by atoms with Crippen LogP contribution in [0.2, 0.25) is 0 Å². The molecule has 24 heavy (non-hydrogen) atoms. The molecule has 0 saturated carbocycles. The molecule has 0 aromatic carbocycles. The van der Waals surface area contributed by atoms with Crippen LogP contribution in [0.1, 0.15) is 44.9 Å². The summed E-state index contributed by atoms with van der Waals surface area (Å²) in [6, 6.07) is 0.599. The number of likely N-dealkylation sites (tertiary alicyclic amines) is 1. The molecule has 0 spiro atoms. The van der Waals surface area contributed by atoms with Gasteiger partial charge in [0.2, 0.25) is 5.91 Å². The number of morpholine rings is 1. The van der Waals surface area contributed by atoms with Gasteiger partial charge in [0.05, 0.1) is 13.2 Å². The van der Waals surface area contributed by atoms with Crippen molar-refractivity contribution in [1.29, 1.82) is 0 Å². The van der Waals surface area contributed by atoms with Crippen molar-refractivity contribution in [3.8, 4) is 12.3 Å². The topological polar surface area (TPSA) is 57.5 Å². The van der Waals surface area contributed by atoms with E-state index in [4.69, 9.17) is 11.2 Å². The number of nitrogens with zero attached hydrogens (tertiary/aromatic N) is 4. The van der Waals surface area contributed by atoms with Crippen LogP contribution in [0.25, 0.3) is 0 Å². The molecule has 132 valence electrons. The Morgan fingerprint density at radius 1 is 1.17 bits per heavy atom. The molecule has 0 aromatic rings. The van der Waals surface area contributed by atoms with E-state index in [1.165, 1.54) is 6.42 Å². The predicted octanol–water partition coefficient (Wildman–Crippen LogP) is 2.06. The highest BCUT2D eigenvalue weighted by Crippen LogP contribution is 2.37. The Morgan fingerprint density at radius 2 is 1.96 bits per heavy atom. The van der Waals surface area contributed by atoms with Gasteiger partial charge in [0.25, 0.3) is 0 Å². The van der Waals surface area contributed by atoms with E-state index >= 15 is 0 Å². The Balaban J connectivity index is 1.42. The fourth-order valence-corrected chi connectivity index (χ4v) is 3.77. The number of amides is 1. The van der Waals surface area contributed by atoms with Gasteiger partial charge in [-0.1, -0.05) is 0 Å². The molecule has 2 fully saturated rings. The van der Waals surface area contributed by atoms with Crippen LogP contribution in [0.15, 0.2) is 10.2 Å². The monoisotopic (exact) mass is 332 g/mol. The van der Waals surface area contributed by atoms with Crippen LogP contribution < -0.4 is 0 Å². The van der Waals surface area contributed by atoms with E-state index in [-0.39, 0.29) is 11.6 Å². The van der Waals surface area contributed by atoms with Crippen molar-refractivity contribution < 1.29 is 9.53 Å². The third kappa shape index (κ3) is 4.55. The van der Waals surface area contributed by atoms with E-state index in [0.717, 1.165) is 58.7 Å². The second-order valence-electron chi connectivity index (χ2n) is 7.00. The summed E-state index contributed by atoms with van der Waals surface area (Å²) in [5, 5.41) is 8.24. The summed E-state index contributed by atoms with van der Waals surface area (Å²) in [7, 11) is 0. The number of ether oxygens (including phenoxy) is 1. The minimum absolute atomic E-state index is 0.245. The summed E-state index contributed by atoms with van der Waals surface area (Å²) in [5.41, 5.74) is -0.343. The Bertz CT molecular complexity index is 502. The van der Waals surface area contributed by atoms with Crippen molar-refractivity contribution in [2.45, 2.75) is 56.7 Å². The van der Waals surface area contributed by atoms with Gasteiger partial charge in [-0.25, -0.2) is 0 Å². The van der Waals surface area contributed by atoms with Gasteiger partial charge in [0.15, 0.2) is 5.66 Å². The first kappa shape index (κ1) is 17.4. The lowest BCUT2D eigenvalue weighted by atomic mass is 10.0. The zero-order chi connectivity index (χ0) is 16.8. The number of carbonyl (C=O) groups excluding carboxylic acids is 1. The van der Waals surface area contributed by atoms with Crippen molar-refractivity contribution in [3.05, 3.63) is 0 Å². The maximum Gasteiger partial charge on any atom is 0.222 e. The first-order chi connectivity index (χ1) is 11.7. The molecule has 0 aromatic heterocycles. The smallest absolute Gasteiger partial charge is 0.222 e. The van der Waals surface area contributed by atoms with Gasteiger partial charge < -0.3 is 9.64 Å². The molecule has 0 radical (unpaired) electrons. The lowest BCUT2D eigenvalue weighted by molar-refractivity contribution is -0.131. The number of hydrogen-bond acceptors (Lipinski definition) is 5. The van der Waals surface area contributed by atoms with E-state index in [0.29, 0.717) is 25.3 Å². The zero-order valence-electron chi connectivity index (χ0n) is 14.5. The van der Waals surface area contributed by atoms with Crippen molar-refractivity contribution in [2.75, 3.05) is 39.4 Å². The van der Waals surface area contributed by atoms with Gasteiger partial charge in [0.1, 0.15) is 0 Å². The third-order valence-electron chi connectivity index (χ3n) is 5.40. The summed E-state index contributed by atoms with van der Waals surface area (Å²) in [6.07, 6.45) is 11.3. The van der Waals surface area contributed by atoms with Crippen LogP contribution in [-0.4, -0.2) is 66.8 Å². The summed E-state index contributed by atoms with van der Waals surface area (Å²) in [5.74, 6) is 2.88. The summed E-state index contributed by atoms with van der Waals surface area (Å²) < 4.78 is 5.44. The van der Waals surface area contributed by atoms with E-state index in [2.05, 4.69) is 21.0 Å². The summed E-state index contributed by atoms with van der Waals surface area (Å²) >= 11 is 0. The second kappa shape index (κ2) is 8.09. The molecule has 6 nitrogen and oxygen atoms in total. The van der Waals surface area contributed by atoms with Crippen LogP contribution in [0.3, 0.4) is 0 Å². The Labute approximate surface area is 144 Å². The molecule has 1 atom stereocenters. The molecule has 6 heteroatoms. The summed E-state index contributed by atoms with van der Waals surface area (Å²) in [4.78, 5) is 17.1. The third-order valence-corrected chi connectivity index (χ3v) is 5.40. The van der Waals surface area contributed by atoms with E-state index in [9.17, 15) is 4.79 Å². The van der Waals surface area contributed by atoms with Gasteiger partial charge in [-0.15, -0.1) is 12.3 Å². The van der Waals surface area contributed by atoms with Gasteiger partial charge in [0, 0.05) is 57.9 Å². The van der Waals surface area contributed by atoms with Crippen molar-refractivity contribution in [3.63, 3.8) is 0 Å². The standard InChI is InChI=1S/C18H28N4O2/c1-2-3-8-18(19-20-18)9-6-17(23)22-10-4-5-16(7-11-22)21-12-14-24-15-13-21/h1,16H,3-15H2. The normalized spacial score (nSPS) is 26.6. The number of terminal acetylenes is 1. The molecule has 1 amide bonds. The van der Waals surface area contributed by atoms with Gasteiger partial charge >= 0.3 is 0 Å². The van der Waals surface area contributed by atoms with Gasteiger partial charge in [-0.2, -0.15) is 10.2 Å². The van der Waals surface area contributed by atoms with Crippen molar-refractivity contribution in [2.24, 2.45) is 10.2 Å². The second-order valence-corrected chi connectivity index (χ2v) is 7.00. The maximum absolute atomic E-state index is 12.6. The maximum atomic E-state index is 12.6. The molecular weight excluding hydrogens is 304 g/mol. The molecule has 3 heterocycles. The Kier molecular flexibility index (Phi) is 5.85. The first-order valence-electron chi connectivity index (χ1n) is 9.19. The average Bonchev–Trinajstić information content (AvgIpc) is 3.42. The Hall–Kier alpha value is -1.45. The van der Waals surface area contributed by atoms with Crippen molar-refractivity contribution in [1.82, 2.24) is 9.80 Å². The molecule has 2 saturated heterocycles. The Morgan fingerprint density at radius 3 is 2.67 bits per heavy atom. The molecule has 3 aliphatic rings. The molecule has 0 aliphatic carbocycles. The molecular formula is C18H28N4O2. The van der Waals surface area contributed by atoms with Crippen LogP contribution in [0, 0.1) is 12.3 Å². The molecule has 3 rings (SSSR count). The highest BCUT2D eigenvalue weighted by Gasteiger charge is 2.39. The fraction of sp³-hybridized carbons (Fsp3) is 0.833. The van der Waals surface area contributed by atoms with E-state index < -0.39 is 0 Å². The number of carbonyl (C=O) groups is 1. The van der Waals surface area contributed by atoms with Gasteiger partial charge in [-0.05, 0) is 19.3 Å². The lowest BCUT2D eigenvalue weighted by Gasteiger charge is -2.34. The molecule has 3 aliphatic heterocycles. The van der Waals surface area contributed by atoms with Crippen LogP contribution in [-0.2, 0) is 9.53 Å².